The lowest BCUT2D eigenvalue weighted by molar-refractivity contribution is 0.661. The minimum absolute atomic E-state index is 0.0978. The van der Waals surface area contributed by atoms with E-state index < -0.39 is 0 Å². The van der Waals surface area contributed by atoms with Crippen molar-refractivity contribution in [2.45, 2.75) is 19.3 Å². The highest BCUT2D eigenvalue weighted by Crippen LogP contribution is 2.53. The van der Waals surface area contributed by atoms with E-state index in [4.69, 9.17) is 19.4 Å². The summed E-state index contributed by atoms with van der Waals surface area (Å²) < 4.78 is 8.46. The third-order valence-corrected chi connectivity index (χ3v) is 9.87. The predicted molar refractivity (Wildman–Crippen MR) is 190 cm³/mol. The molecule has 9 aromatic rings. The van der Waals surface area contributed by atoms with Gasteiger partial charge in [-0.05, 0) is 52.6 Å². The van der Waals surface area contributed by atoms with Gasteiger partial charge in [-0.2, -0.15) is 9.97 Å². The molecule has 0 radical (unpaired) electrons. The van der Waals surface area contributed by atoms with Crippen molar-refractivity contribution in [3.63, 3.8) is 0 Å². The Balaban J connectivity index is 1.27. The first-order valence-electron chi connectivity index (χ1n) is 16.0. The number of hydrogen-bond donors (Lipinski definition) is 0. The molecule has 0 amide bonds. The summed E-state index contributed by atoms with van der Waals surface area (Å²) in [5.41, 5.74) is 10.8. The molecule has 1 aliphatic carbocycles. The molecule has 0 saturated heterocycles. The molecule has 1 aliphatic rings. The van der Waals surface area contributed by atoms with Crippen molar-refractivity contribution in [3.05, 3.63) is 145 Å². The molecule has 0 fully saturated rings. The quantitative estimate of drug-likeness (QED) is 0.201. The smallest absolute Gasteiger partial charge is 0.238 e. The zero-order valence-corrected chi connectivity index (χ0v) is 25.9. The third-order valence-electron chi connectivity index (χ3n) is 9.87. The average Bonchev–Trinajstić information content (AvgIpc) is 3.74. The van der Waals surface area contributed by atoms with Crippen LogP contribution in [0.3, 0.4) is 0 Å². The summed E-state index contributed by atoms with van der Waals surface area (Å²) in [6.07, 6.45) is 0. The van der Waals surface area contributed by atoms with Gasteiger partial charge in [0.15, 0.2) is 11.6 Å². The first kappa shape index (κ1) is 26.2. The number of benzene rings is 6. The molecule has 0 spiro atoms. The van der Waals surface area contributed by atoms with Crippen molar-refractivity contribution in [2.24, 2.45) is 0 Å². The van der Waals surface area contributed by atoms with Crippen LogP contribution in [0.4, 0.5) is 0 Å². The van der Waals surface area contributed by atoms with E-state index in [1.54, 1.807) is 0 Å². The highest BCUT2D eigenvalue weighted by Gasteiger charge is 2.37. The zero-order valence-electron chi connectivity index (χ0n) is 25.9. The van der Waals surface area contributed by atoms with Crippen molar-refractivity contribution >= 4 is 43.7 Å². The fourth-order valence-electron chi connectivity index (χ4n) is 7.64. The first-order valence-corrected chi connectivity index (χ1v) is 16.0. The van der Waals surface area contributed by atoms with Gasteiger partial charge in [-0.1, -0.05) is 117 Å². The molecular weight excluding hydrogens is 576 g/mol. The summed E-state index contributed by atoms with van der Waals surface area (Å²) in [5.74, 6) is 1.79. The van der Waals surface area contributed by atoms with E-state index in [0.717, 1.165) is 44.1 Å². The summed E-state index contributed by atoms with van der Waals surface area (Å²) >= 11 is 0. The molecule has 0 unspecified atom stereocenters. The molecule has 0 aliphatic heterocycles. The van der Waals surface area contributed by atoms with Crippen LogP contribution in [0.1, 0.15) is 25.0 Å². The normalized spacial score (nSPS) is 13.5. The highest BCUT2D eigenvalue weighted by atomic mass is 16.3. The summed E-state index contributed by atoms with van der Waals surface area (Å²) in [4.78, 5) is 15.4. The molecule has 5 nitrogen and oxygen atoms in total. The van der Waals surface area contributed by atoms with Crippen LogP contribution in [-0.4, -0.2) is 19.5 Å². The number of furan rings is 1. The predicted octanol–water partition coefficient (Wildman–Crippen LogP) is 10.5. The molecule has 47 heavy (non-hydrogen) atoms. The molecule has 6 aromatic carbocycles. The van der Waals surface area contributed by atoms with Crippen LogP contribution < -0.4 is 0 Å². The van der Waals surface area contributed by atoms with Gasteiger partial charge in [-0.15, -0.1) is 0 Å². The number of rotatable bonds is 3. The van der Waals surface area contributed by atoms with Crippen LogP contribution in [0.25, 0.3) is 83.6 Å². The molecule has 3 heterocycles. The summed E-state index contributed by atoms with van der Waals surface area (Å²) in [7, 11) is 0. The zero-order chi connectivity index (χ0) is 31.3. The van der Waals surface area contributed by atoms with Gasteiger partial charge < -0.3 is 4.42 Å². The first-order chi connectivity index (χ1) is 23.1. The highest BCUT2D eigenvalue weighted by molar-refractivity contribution is 6.17. The molecule has 222 valence electrons. The SMILES string of the molecule is CC1(C)c2ccccc2-c2c1ccc1c2c2ccccc2n1-c1nc(-c2ccccc2)nc(-c2ccc3c(c2)oc2ccccc23)n1. The van der Waals surface area contributed by atoms with Crippen molar-refractivity contribution < 1.29 is 4.42 Å². The largest absolute Gasteiger partial charge is 0.456 e. The average molecular weight is 605 g/mol. The lowest BCUT2D eigenvalue weighted by Crippen LogP contribution is -2.14. The minimum atomic E-state index is -0.0978. The fourth-order valence-corrected chi connectivity index (χ4v) is 7.64. The summed E-state index contributed by atoms with van der Waals surface area (Å²) in [6, 6.07) is 46.4. The van der Waals surface area contributed by atoms with Crippen LogP contribution in [-0.2, 0) is 5.41 Å². The Kier molecular flexibility index (Phi) is 5.28. The second-order valence-corrected chi connectivity index (χ2v) is 12.9. The number of fused-ring (bicyclic) bond motifs is 10. The Morgan fingerprint density at radius 1 is 0.532 bits per heavy atom. The van der Waals surface area contributed by atoms with Gasteiger partial charge in [0, 0.05) is 38.1 Å². The van der Waals surface area contributed by atoms with Crippen LogP contribution in [0.15, 0.2) is 138 Å². The lowest BCUT2D eigenvalue weighted by atomic mass is 9.82. The van der Waals surface area contributed by atoms with E-state index in [1.165, 1.54) is 33.0 Å². The topological polar surface area (TPSA) is 56.7 Å². The van der Waals surface area contributed by atoms with Gasteiger partial charge in [-0.3, -0.25) is 4.57 Å². The van der Waals surface area contributed by atoms with Gasteiger partial charge >= 0.3 is 0 Å². The Bertz CT molecular complexity index is 2720. The molecule has 0 bridgehead atoms. The van der Waals surface area contributed by atoms with Crippen molar-refractivity contribution in [3.8, 4) is 39.9 Å². The van der Waals surface area contributed by atoms with Crippen LogP contribution in [0.5, 0.6) is 0 Å². The van der Waals surface area contributed by atoms with Crippen molar-refractivity contribution in [2.75, 3.05) is 0 Å². The van der Waals surface area contributed by atoms with E-state index in [9.17, 15) is 0 Å². The van der Waals surface area contributed by atoms with Crippen molar-refractivity contribution in [1.82, 2.24) is 19.5 Å². The summed E-state index contributed by atoms with van der Waals surface area (Å²) in [6.45, 7) is 4.65. The van der Waals surface area contributed by atoms with Gasteiger partial charge in [0.2, 0.25) is 5.95 Å². The summed E-state index contributed by atoms with van der Waals surface area (Å²) in [5, 5.41) is 4.57. The molecule has 0 N–H and O–H groups in total. The van der Waals surface area contributed by atoms with E-state index in [0.29, 0.717) is 17.6 Å². The maximum absolute atomic E-state index is 6.26. The van der Waals surface area contributed by atoms with Crippen molar-refractivity contribution in [1.29, 1.82) is 0 Å². The standard InChI is InChI=1S/C42H28N4O/c1-42(2)31-17-9-6-15-29(31)37-32(42)22-23-34-38(37)30-16-7-10-18-33(30)46(34)41-44-39(25-12-4-3-5-13-25)43-40(45-41)26-20-21-28-27-14-8-11-19-35(27)47-36(28)24-26/h3-24H,1-2H3. The third kappa shape index (κ3) is 3.68. The minimum Gasteiger partial charge on any atom is -0.456 e. The van der Waals surface area contributed by atoms with E-state index in [-0.39, 0.29) is 5.41 Å². The maximum atomic E-state index is 6.26. The van der Waals surface area contributed by atoms with Crippen LogP contribution in [0.2, 0.25) is 0 Å². The second-order valence-electron chi connectivity index (χ2n) is 12.9. The van der Waals surface area contributed by atoms with E-state index >= 15 is 0 Å². The maximum Gasteiger partial charge on any atom is 0.238 e. The van der Waals surface area contributed by atoms with Gasteiger partial charge in [0.05, 0.1) is 11.0 Å². The molecule has 5 heteroatoms. The number of para-hydroxylation sites is 2. The Hall–Kier alpha value is -6.07. The molecule has 0 saturated carbocycles. The Morgan fingerprint density at radius 3 is 2.11 bits per heavy atom. The molecular formula is C42H28N4O. The lowest BCUT2D eigenvalue weighted by Gasteiger charge is -2.21. The van der Waals surface area contributed by atoms with E-state index in [1.807, 2.05) is 54.6 Å². The molecule has 3 aromatic heterocycles. The van der Waals surface area contributed by atoms with Crippen LogP contribution >= 0.6 is 0 Å². The Labute approximate surface area is 270 Å². The molecule has 0 atom stereocenters. The number of nitrogens with zero attached hydrogens (tertiary/aromatic N) is 4. The second kappa shape index (κ2) is 9.47. The van der Waals surface area contributed by atoms with Gasteiger partial charge in [-0.25, -0.2) is 4.98 Å². The fraction of sp³-hybridized carbons (Fsp3) is 0.0714. The van der Waals surface area contributed by atoms with Crippen LogP contribution in [0, 0.1) is 0 Å². The Morgan fingerprint density at radius 2 is 1.23 bits per heavy atom. The van der Waals surface area contributed by atoms with E-state index in [2.05, 4.69) is 97.3 Å². The van der Waals surface area contributed by atoms with Gasteiger partial charge in [0.25, 0.3) is 0 Å². The monoisotopic (exact) mass is 604 g/mol. The van der Waals surface area contributed by atoms with Gasteiger partial charge in [0.1, 0.15) is 11.2 Å². The number of aromatic nitrogens is 4. The molecule has 10 rings (SSSR count). The number of hydrogen-bond acceptors (Lipinski definition) is 4.